The molecule has 0 aliphatic carbocycles. The summed E-state index contributed by atoms with van der Waals surface area (Å²) in [6.45, 7) is 0.820. The molecule has 0 aliphatic heterocycles. The third-order valence-electron chi connectivity index (χ3n) is 2.00. The van der Waals surface area contributed by atoms with Crippen LogP contribution in [0.15, 0.2) is 30.6 Å². The van der Waals surface area contributed by atoms with E-state index in [4.69, 9.17) is 5.73 Å². The minimum absolute atomic E-state index is 0. The molecular formula is C10H12ClFN4. The first-order chi connectivity index (χ1) is 7.28. The summed E-state index contributed by atoms with van der Waals surface area (Å²) in [5.41, 5.74) is 6.23. The van der Waals surface area contributed by atoms with Crippen molar-refractivity contribution in [1.29, 1.82) is 0 Å². The van der Waals surface area contributed by atoms with E-state index in [1.54, 1.807) is 17.1 Å². The smallest absolute Gasteiger partial charge is 0.164 e. The molecular weight excluding hydrogens is 231 g/mol. The topological polar surface area (TPSA) is 56.7 Å². The molecule has 0 saturated heterocycles. The summed E-state index contributed by atoms with van der Waals surface area (Å²) in [4.78, 5) is 3.99. The van der Waals surface area contributed by atoms with Gasteiger partial charge in [-0.2, -0.15) is 5.10 Å². The lowest BCUT2D eigenvalue weighted by molar-refractivity contribution is 0.618. The molecule has 0 spiro atoms. The molecule has 6 heteroatoms. The molecule has 0 saturated carbocycles. The second kappa shape index (κ2) is 5.58. The maximum absolute atomic E-state index is 12.9. The second-order valence-electron chi connectivity index (χ2n) is 3.19. The Kier molecular flexibility index (Phi) is 4.39. The average molecular weight is 243 g/mol. The van der Waals surface area contributed by atoms with Crippen molar-refractivity contribution < 1.29 is 4.39 Å². The van der Waals surface area contributed by atoms with E-state index in [0.29, 0.717) is 18.9 Å². The minimum atomic E-state index is -0.244. The van der Waals surface area contributed by atoms with E-state index >= 15 is 0 Å². The molecule has 0 amide bonds. The molecule has 2 aromatic rings. The SMILES string of the molecule is Cl.NCc1ncn(Cc2cccc(F)c2)n1. The van der Waals surface area contributed by atoms with E-state index in [1.807, 2.05) is 6.07 Å². The fourth-order valence-corrected chi connectivity index (χ4v) is 1.33. The second-order valence-corrected chi connectivity index (χ2v) is 3.19. The van der Waals surface area contributed by atoms with Gasteiger partial charge in [-0.05, 0) is 17.7 Å². The van der Waals surface area contributed by atoms with Gasteiger partial charge in [-0.1, -0.05) is 12.1 Å². The number of nitrogens with two attached hydrogens (primary N) is 1. The van der Waals surface area contributed by atoms with Crippen LogP contribution < -0.4 is 5.73 Å². The maximum Gasteiger partial charge on any atom is 0.164 e. The molecule has 1 aromatic carbocycles. The largest absolute Gasteiger partial charge is 0.324 e. The van der Waals surface area contributed by atoms with E-state index in [9.17, 15) is 4.39 Å². The Hall–Kier alpha value is -1.46. The monoisotopic (exact) mass is 242 g/mol. The number of halogens is 2. The summed E-state index contributed by atoms with van der Waals surface area (Å²) < 4.78 is 14.5. The zero-order chi connectivity index (χ0) is 10.7. The molecule has 0 fully saturated rings. The van der Waals surface area contributed by atoms with E-state index < -0.39 is 0 Å². The fraction of sp³-hybridized carbons (Fsp3) is 0.200. The van der Waals surface area contributed by atoms with Gasteiger partial charge in [-0.15, -0.1) is 12.4 Å². The van der Waals surface area contributed by atoms with E-state index in [0.717, 1.165) is 5.56 Å². The Morgan fingerprint density at radius 2 is 2.19 bits per heavy atom. The summed E-state index contributed by atoms with van der Waals surface area (Å²) in [5.74, 6) is 0.345. The van der Waals surface area contributed by atoms with Crippen LogP contribution in [0, 0.1) is 5.82 Å². The summed E-state index contributed by atoms with van der Waals surface area (Å²) in [5, 5.41) is 4.11. The molecule has 1 aromatic heterocycles. The van der Waals surface area contributed by atoms with E-state index in [-0.39, 0.29) is 18.2 Å². The Morgan fingerprint density at radius 1 is 1.38 bits per heavy atom. The molecule has 86 valence electrons. The highest BCUT2D eigenvalue weighted by Crippen LogP contribution is 2.05. The van der Waals surface area contributed by atoms with Gasteiger partial charge in [-0.25, -0.2) is 14.1 Å². The van der Waals surface area contributed by atoms with Crippen LogP contribution in [0.3, 0.4) is 0 Å². The predicted octanol–water partition coefficient (Wildman–Crippen LogP) is 1.35. The Labute approximate surface area is 98.7 Å². The van der Waals surface area contributed by atoms with Crippen LogP contribution in [0.2, 0.25) is 0 Å². The van der Waals surface area contributed by atoms with Crippen LogP contribution in [0.4, 0.5) is 4.39 Å². The molecule has 16 heavy (non-hydrogen) atoms. The van der Waals surface area contributed by atoms with Crippen LogP contribution in [0.5, 0.6) is 0 Å². The first-order valence-corrected chi connectivity index (χ1v) is 4.61. The predicted molar refractivity (Wildman–Crippen MR) is 60.7 cm³/mol. The first kappa shape index (κ1) is 12.6. The van der Waals surface area contributed by atoms with Crippen LogP contribution in [0.25, 0.3) is 0 Å². The van der Waals surface area contributed by atoms with Gasteiger partial charge in [0.15, 0.2) is 5.82 Å². The van der Waals surface area contributed by atoms with Crippen molar-refractivity contribution in [2.45, 2.75) is 13.1 Å². The van der Waals surface area contributed by atoms with Gasteiger partial charge in [-0.3, -0.25) is 0 Å². The third-order valence-corrected chi connectivity index (χ3v) is 2.00. The zero-order valence-electron chi connectivity index (χ0n) is 8.51. The van der Waals surface area contributed by atoms with Gasteiger partial charge in [0.05, 0.1) is 13.1 Å². The molecule has 2 rings (SSSR count). The number of rotatable bonds is 3. The van der Waals surface area contributed by atoms with Crippen molar-refractivity contribution in [3.05, 3.63) is 47.8 Å². The molecule has 4 nitrogen and oxygen atoms in total. The highest BCUT2D eigenvalue weighted by molar-refractivity contribution is 5.85. The highest BCUT2D eigenvalue weighted by Gasteiger charge is 2.00. The third kappa shape index (κ3) is 3.01. The van der Waals surface area contributed by atoms with Crippen LogP contribution in [-0.4, -0.2) is 14.8 Å². The Morgan fingerprint density at radius 3 is 2.81 bits per heavy atom. The van der Waals surface area contributed by atoms with E-state index in [2.05, 4.69) is 10.1 Å². The van der Waals surface area contributed by atoms with E-state index in [1.165, 1.54) is 12.1 Å². The van der Waals surface area contributed by atoms with Gasteiger partial charge >= 0.3 is 0 Å². The number of aromatic nitrogens is 3. The van der Waals surface area contributed by atoms with Gasteiger partial charge in [0.2, 0.25) is 0 Å². The minimum Gasteiger partial charge on any atom is -0.324 e. The summed E-state index contributed by atoms with van der Waals surface area (Å²) in [6.07, 6.45) is 1.59. The fourth-order valence-electron chi connectivity index (χ4n) is 1.33. The lowest BCUT2D eigenvalue weighted by Gasteiger charge is -2.00. The van der Waals surface area contributed by atoms with Crippen molar-refractivity contribution in [3.8, 4) is 0 Å². The van der Waals surface area contributed by atoms with Gasteiger partial charge in [0.1, 0.15) is 12.1 Å². The zero-order valence-corrected chi connectivity index (χ0v) is 9.32. The summed E-state index contributed by atoms with van der Waals surface area (Å²) >= 11 is 0. The molecule has 0 unspecified atom stereocenters. The van der Waals surface area contributed by atoms with Gasteiger partial charge in [0.25, 0.3) is 0 Å². The molecule has 1 heterocycles. The molecule has 2 N–H and O–H groups in total. The normalized spacial score (nSPS) is 9.88. The van der Waals surface area contributed by atoms with Crippen LogP contribution in [-0.2, 0) is 13.1 Å². The van der Waals surface area contributed by atoms with Crippen molar-refractivity contribution in [3.63, 3.8) is 0 Å². The molecule has 0 radical (unpaired) electrons. The summed E-state index contributed by atoms with van der Waals surface area (Å²) in [7, 11) is 0. The highest BCUT2D eigenvalue weighted by atomic mass is 35.5. The number of hydrogen-bond donors (Lipinski definition) is 1. The van der Waals surface area contributed by atoms with Crippen molar-refractivity contribution >= 4 is 12.4 Å². The molecule has 0 atom stereocenters. The van der Waals surface area contributed by atoms with Crippen LogP contribution >= 0.6 is 12.4 Å². The number of benzene rings is 1. The molecule has 0 aliphatic rings. The van der Waals surface area contributed by atoms with Crippen molar-refractivity contribution in [1.82, 2.24) is 14.8 Å². The lowest BCUT2D eigenvalue weighted by atomic mass is 10.2. The number of hydrogen-bond acceptors (Lipinski definition) is 3. The molecule has 0 bridgehead atoms. The van der Waals surface area contributed by atoms with Gasteiger partial charge in [0, 0.05) is 0 Å². The van der Waals surface area contributed by atoms with Crippen LogP contribution in [0.1, 0.15) is 11.4 Å². The average Bonchev–Trinajstić information content (AvgIpc) is 2.65. The first-order valence-electron chi connectivity index (χ1n) is 4.61. The lowest BCUT2D eigenvalue weighted by Crippen LogP contribution is -2.03. The maximum atomic E-state index is 12.9. The van der Waals surface area contributed by atoms with Crippen molar-refractivity contribution in [2.24, 2.45) is 5.73 Å². The Balaban J connectivity index is 0.00000128. The Bertz CT molecular complexity index is 458. The quantitative estimate of drug-likeness (QED) is 0.884. The van der Waals surface area contributed by atoms with Gasteiger partial charge < -0.3 is 5.73 Å². The number of nitrogens with zero attached hydrogens (tertiary/aromatic N) is 3. The standard InChI is InChI=1S/C10H11FN4.ClH/c11-9-3-1-2-8(4-9)6-15-7-13-10(5-12)14-15;/h1-4,7H,5-6,12H2;1H. The summed E-state index contributed by atoms with van der Waals surface area (Å²) in [6, 6.07) is 6.40. The van der Waals surface area contributed by atoms with Crippen molar-refractivity contribution in [2.75, 3.05) is 0 Å².